The Morgan fingerprint density at radius 3 is 1.67 bits per heavy atom. The van der Waals surface area contributed by atoms with E-state index < -0.39 is 18.1 Å². The van der Waals surface area contributed by atoms with Gasteiger partial charge in [-0.05, 0) is 89.4 Å². The molecule has 0 spiro atoms. The fraction of sp³-hybridized carbons (Fsp3) is 0.0244. The summed E-state index contributed by atoms with van der Waals surface area (Å²) in [6, 6.07) is 23.8. The summed E-state index contributed by atoms with van der Waals surface area (Å²) in [5.41, 5.74) is 4.95. The quantitative estimate of drug-likeness (QED) is 0.204. The summed E-state index contributed by atoms with van der Waals surface area (Å²) in [7, 11) is 0. The van der Waals surface area contributed by atoms with Crippen molar-refractivity contribution in [3.8, 4) is 22.5 Å². The molecule has 0 saturated heterocycles. The number of hydrogen-bond donors (Lipinski definition) is 0. The minimum absolute atomic E-state index is 0.0410. The van der Waals surface area contributed by atoms with Crippen LogP contribution in [0.25, 0.3) is 76.9 Å². The second-order valence-electron chi connectivity index (χ2n) is 10.6. The summed E-state index contributed by atoms with van der Waals surface area (Å²) >= 11 is 0. The van der Waals surface area contributed by atoms with Gasteiger partial charge in [-0.15, -0.1) is 0 Å². The highest BCUT2D eigenvalue weighted by Crippen LogP contribution is 2.38. The fourth-order valence-electron chi connectivity index (χ4n) is 6.21. The molecule has 0 saturated carbocycles. The third-order valence-corrected chi connectivity index (χ3v) is 8.10. The highest BCUT2D eigenvalue weighted by atomic mass is 15.0. The number of rotatable bonds is 3. The Bertz CT molecular complexity index is 3110. The topological polar surface area (TPSA) is 9.86 Å². The molecular weight excluding hydrogens is 520 g/mol. The second-order valence-corrected chi connectivity index (χ2v) is 10.6. The monoisotopic (exact) mass is 559 g/mol. The molecule has 0 N–H and O–H groups in total. The zero-order valence-corrected chi connectivity index (χ0v) is 23.0. The van der Waals surface area contributed by atoms with Gasteiger partial charge in [0.05, 0.1) is 37.1 Å². The molecule has 0 aliphatic heterocycles. The van der Waals surface area contributed by atoms with Crippen molar-refractivity contribution < 1.29 is 15.1 Å². The van der Waals surface area contributed by atoms with Crippen LogP contribution in [-0.4, -0.2) is 9.13 Å². The Morgan fingerprint density at radius 1 is 0.465 bits per heavy atom. The molecule has 0 bridgehead atoms. The number of benzene rings is 7. The van der Waals surface area contributed by atoms with Crippen LogP contribution in [0.5, 0.6) is 0 Å². The van der Waals surface area contributed by atoms with Crippen LogP contribution in [0.4, 0.5) is 0 Å². The van der Waals surface area contributed by atoms with Gasteiger partial charge in [0.15, 0.2) is 0 Å². The molecule has 0 amide bonds. The standard InChI is InChI=1S/C41H28N2/c1-27-15-16-28-17-20-33(24-31(28)23-27)43-39-14-8-6-12-35(39)37-26-30(19-22-41(37)43)29-18-21-40-36(25-29)34-11-5-7-13-38(34)42(40)32-9-3-2-4-10-32/h2-26H,1H3/i2D,3D,4D,9D,10D,15D,16D,17D,20D,23D,24D. The molecule has 0 atom stereocenters. The van der Waals surface area contributed by atoms with Crippen LogP contribution < -0.4 is 0 Å². The molecule has 0 unspecified atom stereocenters. The third kappa shape index (κ3) is 3.67. The molecule has 7 aromatic carbocycles. The van der Waals surface area contributed by atoms with Crippen molar-refractivity contribution >= 4 is 54.4 Å². The Labute approximate surface area is 265 Å². The zero-order valence-electron chi connectivity index (χ0n) is 34.0. The van der Waals surface area contributed by atoms with Gasteiger partial charge >= 0.3 is 0 Å². The molecule has 9 rings (SSSR count). The predicted octanol–water partition coefficient (Wildman–Crippen LogP) is 11.0. The maximum atomic E-state index is 9.31. The SMILES string of the molecule is [2H]c1c([2H])c([2H])c(-n2c3ccccc3c3cc(-c4ccc5c(c4)c4ccccc4n5-c4c([2H])c([2H])c5c([2H])c([2H])c(C)c([2H])c5c4[2H])ccc32)c([2H])c1[2H]. The molecule has 2 heterocycles. The summed E-state index contributed by atoms with van der Waals surface area (Å²) in [4.78, 5) is 0. The van der Waals surface area contributed by atoms with Gasteiger partial charge in [-0.2, -0.15) is 0 Å². The molecule has 2 aromatic heterocycles. The maximum Gasteiger partial charge on any atom is 0.0651 e. The summed E-state index contributed by atoms with van der Waals surface area (Å²) < 4.78 is 98.6. The van der Waals surface area contributed by atoms with E-state index in [0.717, 1.165) is 32.7 Å². The van der Waals surface area contributed by atoms with Gasteiger partial charge in [-0.25, -0.2) is 0 Å². The van der Waals surface area contributed by atoms with Crippen molar-refractivity contribution in [3.05, 3.63) is 157 Å². The van der Waals surface area contributed by atoms with E-state index in [1.807, 2.05) is 84.9 Å². The van der Waals surface area contributed by atoms with Gasteiger partial charge in [-0.1, -0.05) is 96.4 Å². The van der Waals surface area contributed by atoms with Crippen molar-refractivity contribution in [1.29, 1.82) is 0 Å². The van der Waals surface area contributed by atoms with Gasteiger partial charge in [0, 0.05) is 32.9 Å². The average Bonchev–Trinajstić information content (AvgIpc) is 3.68. The largest absolute Gasteiger partial charge is 0.309 e. The first-order chi connectivity index (χ1) is 25.8. The number of nitrogens with zero attached hydrogens (tertiary/aromatic N) is 2. The van der Waals surface area contributed by atoms with E-state index in [9.17, 15) is 1.37 Å². The Balaban J connectivity index is 1.29. The van der Waals surface area contributed by atoms with Crippen molar-refractivity contribution in [2.24, 2.45) is 0 Å². The predicted molar refractivity (Wildman–Crippen MR) is 183 cm³/mol. The minimum atomic E-state index is -0.451. The molecule has 0 aliphatic carbocycles. The van der Waals surface area contributed by atoms with E-state index in [-0.39, 0.29) is 76.1 Å². The summed E-state index contributed by atoms with van der Waals surface area (Å²) in [6.07, 6.45) is 0. The van der Waals surface area contributed by atoms with E-state index >= 15 is 0 Å². The molecule has 9 aromatic rings. The molecule has 0 aliphatic rings. The molecule has 0 fully saturated rings. The number of para-hydroxylation sites is 3. The maximum absolute atomic E-state index is 9.31. The molecule has 2 nitrogen and oxygen atoms in total. The molecule has 43 heavy (non-hydrogen) atoms. The van der Waals surface area contributed by atoms with E-state index in [2.05, 4.69) is 0 Å². The lowest BCUT2D eigenvalue weighted by atomic mass is 10.0. The molecule has 0 radical (unpaired) electrons. The van der Waals surface area contributed by atoms with Crippen molar-refractivity contribution in [1.82, 2.24) is 9.13 Å². The Hall–Kier alpha value is -5.60. The van der Waals surface area contributed by atoms with E-state index in [4.69, 9.17) is 13.7 Å². The first-order valence-electron chi connectivity index (χ1n) is 19.5. The van der Waals surface area contributed by atoms with Crippen molar-refractivity contribution in [3.63, 3.8) is 0 Å². The smallest absolute Gasteiger partial charge is 0.0651 e. The van der Waals surface area contributed by atoms with Crippen LogP contribution in [0.15, 0.2) is 151 Å². The fourth-order valence-corrected chi connectivity index (χ4v) is 6.21. The first kappa shape index (κ1) is 15.6. The van der Waals surface area contributed by atoms with E-state index in [0.29, 0.717) is 22.1 Å². The average molecular weight is 560 g/mol. The summed E-state index contributed by atoms with van der Waals surface area (Å²) in [5, 5.41) is 3.40. The number of aromatic nitrogens is 2. The van der Waals surface area contributed by atoms with Gasteiger partial charge < -0.3 is 9.13 Å². The lowest BCUT2D eigenvalue weighted by Gasteiger charge is -2.10. The highest BCUT2D eigenvalue weighted by molar-refractivity contribution is 6.12. The lowest BCUT2D eigenvalue weighted by Crippen LogP contribution is -1.94. The van der Waals surface area contributed by atoms with Crippen molar-refractivity contribution in [2.45, 2.75) is 6.92 Å². The van der Waals surface area contributed by atoms with Crippen LogP contribution >= 0.6 is 0 Å². The van der Waals surface area contributed by atoms with Gasteiger partial charge in [0.2, 0.25) is 0 Å². The van der Waals surface area contributed by atoms with Gasteiger partial charge in [0.1, 0.15) is 0 Å². The van der Waals surface area contributed by atoms with E-state index in [1.54, 1.807) is 16.1 Å². The van der Waals surface area contributed by atoms with Gasteiger partial charge in [-0.3, -0.25) is 0 Å². The van der Waals surface area contributed by atoms with Crippen LogP contribution in [0.3, 0.4) is 0 Å². The highest BCUT2D eigenvalue weighted by Gasteiger charge is 2.16. The summed E-state index contributed by atoms with van der Waals surface area (Å²) in [5.74, 6) is 0. The Kier molecular flexibility index (Phi) is 3.33. The number of hydrogen-bond acceptors (Lipinski definition) is 0. The van der Waals surface area contributed by atoms with Crippen LogP contribution in [0.1, 0.15) is 20.6 Å². The third-order valence-electron chi connectivity index (χ3n) is 8.10. The lowest BCUT2D eigenvalue weighted by molar-refractivity contribution is 1.18. The minimum Gasteiger partial charge on any atom is -0.309 e. The number of fused-ring (bicyclic) bond motifs is 7. The second kappa shape index (κ2) is 9.20. The van der Waals surface area contributed by atoms with Gasteiger partial charge in [0.25, 0.3) is 0 Å². The van der Waals surface area contributed by atoms with Crippen molar-refractivity contribution in [2.75, 3.05) is 0 Å². The summed E-state index contributed by atoms with van der Waals surface area (Å²) in [6.45, 7) is 1.56. The van der Waals surface area contributed by atoms with E-state index in [1.165, 1.54) is 0 Å². The molecular formula is C41H28N2. The van der Waals surface area contributed by atoms with Crippen LogP contribution in [0.2, 0.25) is 0 Å². The Morgan fingerprint density at radius 2 is 1.02 bits per heavy atom. The first-order valence-corrected chi connectivity index (χ1v) is 14.0. The van der Waals surface area contributed by atoms with Crippen LogP contribution in [-0.2, 0) is 0 Å². The molecule has 2 heteroatoms. The van der Waals surface area contributed by atoms with Crippen LogP contribution in [0, 0.1) is 6.92 Å². The normalized spacial score (nSPS) is 15.4. The zero-order chi connectivity index (χ0) is 38.1. The molecule has 202 valence electrons.